The fraction of sp³-hybridized carbons (Fsp3) is 0.261. The van der Waals surface area contributed by atoms with Crippen LogP contribution in [0.1, 0.15) is 36.0 Å². The zero-order valence-corrected chi connectivity index (χ0v) is 18.8. The maximum Gasteiger partial charge on any atom is 0.343 e. The Morgan fingerprint density at radius 2 is 1.47 bits per heavy atom. The lowest BCUT2D eigenvalue weighted by Crippen LogP contribution is -2.31. The number of sulfonamides is 1. The molecule has 1 saturated heterocycles. The molecule has 3 aromatic rings. The quantitative estimate of drug-likeness (QED) is 0.365. The Hall–Kier alpha value is -2.22. The van der Waals surface area contributed by atoms with Crippen LogP contribution in [0.25, 0.3) is 10.8 Å². The summed E-state index contributed by atoms with van der Waals surface area (Å²) in [5.41, 5.74) is 0.306. The van der Waals surface area contributed by atoms with Crippen LogP contribution >= 0.6 is 15.9 Å². The summed E-state index contributed by atoms with van der Waals surface area (Å²) in [5, 5.41) is 2.00. The zero-order valence-electron chi connectivity index (χ0n) is 16.4. The van der Waals surface area contributed by atoms with Gasteiger partial charge in [0, 0.05) is 17.6 Å². The Kier molecular flexibility index (Phi) is 6.22. The summed E-state index contributed by atoms with van der Waals surface area (Å²) in [5.74, 6) is -0.0822. The van der Waals surface area contributed by atoms with Crippen LogP contribution in [0.15, 0.2) is 70.0 Å². The van der Waals surface area contributed by atoms with Crippen LogP contribution in [0, 0.1) is 0 Å². The first-order valence-corrected chi connectivity index (χ1v) is 12.2. The van der Waals surface area contributed by atoms with E-state index in [1.807, 2.05) is 24.3 Å². The van der Waals surface area contributed by atoms with Crippen LogP contribution in [0.4, 0.5) is 0 Å². The van der Waals surface area contributed by atoms with E-state index in [0.29, 0.717) is 24.4 Å². The number of hydrogen-bond donors (Lipinski definition) is 0. The highest BCUT2D eigenvalue weighted by Gasteiger charge is 2.25. The third-order valence-electron chi connectivity index (χ3n) is 5.28. The molecule has 1 aliphatic heterocycles. The standard InChI is InChI=1S/C23H22BrNO4S/c24-20-9-5-19-16-21(10-6-18(19)15-20)29-23(26)17-7-11-22(12-8-17)30(27,28)25-13-3-1-2-4-14-25/h5-12,15-16H,1-4,13-14H2. The SMILES string of the molecule is O=C(Oc1ccc2cc(Br)ccc2c1)c1ccc(S(=O)(=O)N2CCCCCC2)cc1. The Labute approximate surface area is 184 Å². The lowest BCUT2D eigenvalue weighted by molar-refractivity contribution is 0.0735. The molecule has 0 saturated carbocycles. The molecule has 0 aliphatic carbocycles. The fourth-order valence-corrected chi connectivity index (χ4v) is 5.51. The monoisotopic (exact) mass is 487 g/mol. The van der Waals surface area contributed by atoms with Gasteiger partial charge in [-0.1, -0.05) is 40.9 Å². The minimum Gasteiger partial charge on any atom is -0.423 e. The van der Waals surface area contributed by atoms with E-state index in [-0.39, 0.29) is 4.90 Å². The van der Waals surface area contributed by atoms with Gasteiger partial charge in [-0.25, -0.2) is 13.2 Å². The maximum absolute atomic E-state index is 12.9. The number of halogens is 1. The average molecular weight is 488 g/mol. The van der Waals surface area contributed by atoms with Crippen LogP contribution in [0.3, 0.4) is 0 Å². The Balaban J connectivity index is 1.49. The molecule has 0 bridgehead atoms. The van der Waals surface area contributed by atoms with E-state index >= 15 is 0 Å². The number of carbonyl (C=O) groups is 1. The topological polar surface area (TPSA) is 63.7 Å². The van der Waals surface area contributed by atoms with Crippen molar-refractivity contribution in [3.63, 3.8) is 0 Å². The van der Waals surface area contributed by atoms with Crippen molar-refractivity contribution in [1.29, 1.82) is 0 Å². The Morgan fingerprint density at radius 3 is 2.17 bits per heavy atom. The maximum atomic E-state index is 12.9. The summed E-state index contributed by atoms with van der Waals surface area (Å²) in [6, 6.07) is 17.3. The molecular weight excluding hydrogens is 466 g/mol. The molecule has 5 nitrogen and oxygen atoms in total. The molecule has 0 aromatic heterocycles. The van der Waals surface area contributed by atoms with E-state index in [4.69, 9.17) is 4.74 Å². The number of fused-ring (bicyclic) bond motifs is 1. The molecule has 1 heterocycles. The highest BCUT2D eigenvalue weighted by Crippen LogP contribution is 2.25. The number of ether oxygens (including phenoxy) is 1. The van der Waals surface area contributed by atoms with Crippen LogP contribution in [-0.4, -0.2) is 31.8 Å². The summed E-state index contributed by atoms with van der Waals surface area (Å²) in [7, 11) is -3.54. The van der Waals surface area contributed by atoms with Crippen molar-refractivity contribution in [3.05, 3.63) is 70.7 Å². The summed E-state index contributed by atoms with van der Waals surface area (Å²) >= 11 is 3.44. The Morgan fingerprint density at radius 1 is 0.833 bits per heavy atom. The second-order valence-electron chi connectivity index (χ2n) is 7.39. The van der Waals surface area contributed by atoms with Crippen LogP contribution in [0.5, 0.6) is 5.75 Å². The first-order valence-electron chi connectivity index (χ1n) is 9.95. The molecule has 0 spiro atoms. The predicted octanol–water partition coefficient (Wildman–Crippen LogP) is 5.39. The van der Waals surface area contributed by atoms with E-state index < -0.39 is 16.0 Å². The number of hydrogen-bond acceptors (Lipinski definition) is 4. The largest absolute Gasteiger partial charge is 0.423 e. The lowest BCUT2D eigenvalue weighted by atomic mass is 10.1. The van der Waals surface area contributed by atoms with Gasteiger partial charge in [-0.2, -0.15) is 4.31 Å². The van der Waals surface area contributed by atoms with Crippen molar-refractivity contribution in [2.45, 2.75) is 30.6 Å². The van der Waals surface area contributed by atoms with E-state index in [1.54, 1.807) is 16.4 Å². The van der Waals surface area contributed by atoms with E-state index in [2.05, 4.69) is 15.9 Å². The third-order valence-corrected chi connectivity index (χ3v) is 7.68. The molecule has 0 atom stereocenters. The van der Waals surface area contributed by atoms with Gasteiger partial charge in [0.25, 0.3) is 0 Å². The average Bonchev–Trinajstić information content (AvgIpc) is 3.04. The predicted molar refractivity (Wildman–Crippen MR) is 120 cm³/mol. The molecule has 30 heavy (non-hydrogen) atoms. The minimum absolute atomic E-state index is 0.206. The molecule has 0 N–H and O–H groups in total. The van der Waals surface area contributed by atoms with Gasteiger partial charge in [0.1, 0.15) is 5.75 Å². The molecule has 1 aliphatic rings. The number of nitrogens with zero attached hydrogens (tertiary/aromatic N) is 1. The smallest absolute Gasteiger partial charge is 0.343 e. The minimum atomic E-state index is -3.54. The highest BCUT2D eigenvalue weighted by atomic mass is 79.9. The summed E-state index contributed by atoms with van der Waals surface area (Å²) in [6.07, 6.45) is 3.88. The van der Waals surface area contributed by atoms with Crippen LogP contribution in [-0.2, 0) is 10.0 Å². The van der Waals surface area contributed by atoms with E-state index in [9.17, 15) is 13.2 Å². The van der Waals surface area contributed by atoms with Crippen molar-refractivity contribution in [3.8, 4) is 5.75 Å². The molecule has 0 amide bonds. The van der Waals surface area contributed by atoms with E-state index in [1.165, 1.54) is 24.3 Å². The highest BCUT2D eigenvalue weighted by molar-refractivity contribution is 9.10. The molecule has 1 fully saturated rings. The van der Waals surface area contributed by atoms with Crippen molar-refractivity contribution in [2.75, 3.05) is 13.1 Å². The second-order valence-corrected chi connectivity index (χ2v) is 10.2. The summed E-state index contributed by atoms with van der Waals surface area (Å²) < 4.78 is 33.7. The van der Waals surface area contributed by atoms with Gasteiger partial charge in [-0.05, 0) is 72.1 Å². The second kappa shape index (κ2) is 8.88. The molecule has 0 unspecified atom stereocenters. The summed E-state index contributed by atoms with van der Waals surface area (Å²) in [6.45, 7) is 1.09. The first kappa shape index (κ1) is 21.0. The molecule has 0 radical (unpaired) electrons. The number of benzene rings is 3. The fourth-order valence-electron chi connectivity index (χ4n) is 3.62. The number of carbonyl (C=O) groups excluding carboxylic acids is 1. The van der Waals surface area contributed by atoms with Crippen molar-refractivity contribution in [2.24, 2.45) is 0 Å². The normalized spacial score (nSPS) is 15.6. The molecule has 7 heteroatoms. The molecule has 3 aromatic carbocycles. The Bertz CT molecular complexity index is 1170. The summed E-state index contributed by atoms with van der Waals surface area (Å²) in [4.78, 5) is 12.7. The number of rotatable bonds is 4. The van der Waals surface area contributed by atoms with Gasteiger partial charge < -0.3 is 4.74 Å². The van der Waals surface area contributed by atoms with Crippen LogP contribution in [0.2, 0.25) is 0 Å². The third kappa shape index (κ3) is 4.58. The zero-order chi connectivity index (χ0) is 21.1. The molecule has 4 rings (SSSR count). The molecular formula is C23H22BrNO4S. The van der Waals surface area contributed by atoms with Crippen molar-refractivity contribution < 1.29 is 17.9 Å². The van der Waals surface area contributed by atoms with Gasteiger partial charge in [-0.3, -0.25) is 0 Å². The number of esters is 1. The lowest BCUT2D eigenvalue weighted by Gasteiger charge is -2.20. The van der Waals surface area contributed by atoms with Crippen molar-refractivity contribution in [1.82, 2.24) is 4.31 Å². The first-order chi connectivity index (χ1) is 14.4. The van der Waals surface area contributed by atoms with Gasteiger partial charge in [0.05, 0.1) is 10.5 Å². The van der Waals surface area contributed by atoms with Gasteiger partial charge in [0.2, 0.25) is 10.0 Å². The van der Waals surface area contributed by atoms with Gasteiger partial charge in [0.15, 0.2) is 0 Å². The molecule has 156 valence electrons. The van der Waals surface area contributed by atoms with E-state index in [0.717, 1.165) is 40.9 Å². The van der Waals surface area contributed by atoms with Gasteiger partial charge >= 0.3 is 5.97 Å². The van der Waals surface area contributed by atoms with Gasteiger partial charge in [-0.15, -0.1) is 0 Å². The van der Waals surface area contributed by atoms with Crippen molar-refractivity contribution >= 4 is 42.7 Å². The van der Waals surface area contributed by atoms with Crippen LogP contribution < -0.4 is 4.74 Å².